The second-order valence-corrected chi connectivity index (χ2v) is 6.06. The third-order valence-electron chi connectivity index (χ3n) is 4.32. The van der Waals surface area contributed by atoms with E-state index in [1.807, 2.05) is 41.2 Å². The second kappa shape index (κ2) is 9.43. The molecule has 0 aliphatic heterocycles. The predicted molar refractivity (Wildman–Crippen MR) is 108 cm³/mol. The minimum Gasteiger partial charge on any atom is -0.496 e. The van der Waals surface area contributed by atoms with E-state index in [2.05, 4.69) is 45.0 Å². The number of rotatable bonds is 7. The van der Waals surface area contributed by atoms with Gasteiger partial charge >= 0.3 is 0 Å². The average molecular weight is 363 g/mol. The van der Waals surface area contributed by atoms with Gasteiger partial charge in [0.05, 0.1) is 13.7 Å². The SMILES string of the molecule is CN=C(NCc1ccccc1Cn1cccn1)NCc1ccccc1OC. The Labute approximate surface area is 159 Å². The second-order valence-electron chi connectivity index (χ2n) is 6.06. The number of aromatic nitrogens is 2. The Balaban J connectivity index is 1.60. The number of hydrogen-bond acceptors (Lipinski definition) is 3. The van der Waals surface area contributed by atoms with Crippen LogP contribution in [-0.4, -0.2) is 29.9 Å². The molecule has 0 aliphatic rings. The van der Waals surface area contributed by atoms with Crippen molar-refractivity contribution < 1.29 is 4.74 Å². The van der Waals surface area contributed by atoms with Crippen molar-refractivity contribution in [3.8, 4) is 5.75 Å². The van der Waals surface area contributed by atoms with E-state index in [1.165, 1.54) is 11.1 Å². The van der Waals surface area contributed by atoms with Crippen molar-refractivity contribution in [3.05, 3.63) is 83.7 Å². The summed E-state index contributed by atoms with van der Waals surface area (Å²) in [5.74, 6) is 1.61. The van der Waals surface area contributed by atoms with Crippen LogP contribution in [0.15, 0.2) is 72.0 Å². The summed E-state index contributed by atoms with van der Waals surface area (Å²) in [4.78, 5) is 4.32. The molecule has 0 saturated heterocycles. The molecule has 140 valence electrons. The van der Waals surface area contributed by atoms with Crippen LogP contribution in [0.5, 0.6) is 5.75 Å². The maximum atomic E-state index is 5.40. The Bertz CT molecular complexity index is 874. The Hall–Kier alpha value is -3.28. The Morgan fingerprint density at radius 2 is 1.63 bits per heavy atom. The topological polar surface area (TPSA) is 63.5 Å². The molecule has 0 aliphatic carbocycles. The van der Waals surface area contributed by atoms with Crippen LogP contribution in [-0.2, 0) is 19.6 Å². The highest BCUT2D eigenvalue weighted by Crippen LogP contribution is 2.16. The summed E-state index contributed by atoms with van der Waals surface area (Å²) in [5.41, 5.74) is 3.53. The number of ether oxygens (including phenoxy) is 1. The quantitative estimate of drug-likeness (QED) is 0.500. The molecule has 0 saturated carbocycles. The third-order valence-corrected chi connectivity index (χ3v) is 4.32. The lowest BCUT2D eigenvalue weighted by atomic mass is 10.1. The monoisotopic (exact) mass is 363 g/mol. The molecule has 3 rings (SSSR count). The maximum Gasteiger partial charge on any atom is 0.191 e. The molecule has 0 amide bonds. The van der Waals surface area contributed by atoms with Crippen molar-refractivity contribution in [1.29, 1.82) is 0 Å². The van der Waals surface area contributed by atoms with Gasteiger partial charge in [0.15, 0.2) is 5.96 Å². The Kier molecular flexibility index (Phi) is 6.46. The first-order valence-electron chi connectivity index (χ1n) is 8.90. The number of aliphatic imine (C=N–C) groups is 1. The van der Waals surface area contributed by atoms with Crippen molar-refractivity contribution in [1.82, 2.24) is 20.4 Å². The van der Waals surface area contributed by atoms with Crippen LogP contribution in [0.4, 0.5) is 0 Å². The Morgan fingerprint density at radius 3 is 2.30 bits per heavy atom. The number of guanidine groups is 1. The maximum absolute atomic E-state index is 5.40. The third kappa shape index (κ3) is 5.10. The molecule has 6 nitrogen and oxygen atoms in total. The van der Waals surface area contributed by atoms with Crippen molar-refractivity contribution in [2.24, 2.45) is 4.99 Å². The number of nitrogens with zero attached hydrogens (tertiary/aromatic N) is 3. The van der Waals surface area contributed by atoms with Crippen molar-refractivity contribution in [2.45, 2.75) is 19.6 Å². The van der Waals surface area contributed by atoms with Gasteiger partial charge in [-0.05, 0) is 23.3 Å². The van der Waals surface area contributed by atoms with E-state index in [-0.39, 0.29) is 0 Å². The first-order chi connectivity index (χ1) is 13.3. The van der Waals surface area contributed by atoms with E-state index >= 15 is 0 Å². The van der Waals surface area contributed by atoms with Gasteiger partial charge in [-0.25, -0.2) is 0 Å². The molecule has 0 atom stereocenters. The van der Waals surface area contributed by atoms with Crippen molar-refractivity contribution in [3.63, 3.8) is 0 Å². The van der Waals surface area contributed by atoms with Gasteiger partial charge in [0.25, 0.3) is 0 Å². The van der Waals surface area contributed by atoms with E-state index in [0.717, 1.165) is 23.8 Å². The zero-order chi connectivity index (χ0) is 18.9. The first-order valence-corrected chi connectivity index (χ1v) is 8.90. The molecule has 1 heterocycles. The summed E-state index contributed by atoms with van der Waals surface area (Å²) in [6.07, 6.45) is 3.77. The van der Waals surface area contributed by atoms with E-state index in [4.69, 9.17) is 4.74 Å². The molecule has 3 aromatic rings. The molecule has 2 N–H and O–H groups in total. The van der Waals surface area contributed by atoms with Crippen LogP contribution in [0.3, 0.4) is 0 Å². The Morgan fingerprint density at radius 1 is 0.963 bits per heavy atom. The molecule has 0 spiro atoms. The molecule has 0 fully saturated rings. The molecule has 6 heteroatoms. The van der Waals surface area contributed by atoms with Crippen molar-refractivity contribution in [2.75, 3.05) is 14.2 Å². The van der Waals surface area contributed by atoms with Crippen LogP contribution in [0, 0.1) is 0 Å². The zero-order valence-corrected chi connectivity index (χ0v) is 15.7. The fraction of sp³-hybridized carbons (Fsp3) is 0.238. The normalized spacial score (nSPS) is 11.3. The summed E-state index contributed by atoms with van der Waals surface area (Å²) in [6.45, 7) is 2.07. The number of benzene rings is 2. The van der Waals surface area contributed by atoms with Gasteiger partial charge in [0.1, 0.15) is 5.75 Å². The highest BCUT2D eigenvalue weighted by molar-refractivity contribution is 5.79. The summed E-state index contributed by atoms with van der Waals surface area (Å²) in [5, 5.41) is 11.0. The molecular weight excluding hydrogens is 338 g/mol. The molecule has 1 aromatic heterocycles. The van der Waals surface area contributed by atoms with E-state index in [0.29, 0.717) is 13.1 Å². The van der Waals surface area contributed by atoms with E-state index in [1.54, 1.807) is 20.4 Å². The van der Waals surface area contributed by atoms with Crippen LogP contribution in [0.1, 0.15) is 16.7 Å². The van der Waals surface area contributed by atoms with Gasteiger partial charge in [-0.3, -0.25) is 9.67 Å². The molecule has 0 unspecified atom stereocenters. The lowest BCUT2D eigenvalue weighted by Gasteiger charge is -2.15. The fourth-order valence-electron chi connectivity index (χ4n) is 2.88. The lowest BCUT2D eigenvalue weighted by molar-refractivity contribution is 0.409. The molecule has 0 bridgehead atoms. The average Bonchev–Trinajstić information content (AvgIpc) is 3.22. The van der Waals surface area contributed by atoms with Crippen LogP contribution in [0.25, 0.3) is 0 Å². The number of hydrogen-bond donors (Lipinski definition) is 2. The van der Waals surface area contributed by atoms with E-state index in [9.17, 15) is 0 Å². The number of para-hydroxylation sites is 1. The van der Waals surface area contributed by atoms with Gasteiger partial charge in [-0.15, -0.1) is 0 Å². The summed E-state index contributed by atoms with van der Waals surface area (Å²) in [6, 6.07) is 18.3. The highest BCUT2D eigenvalue weighted by atomic mass is 16.5. The van der Waals surface area contributed by atoms with Gasteiger partial charge in [-0.1, -0.05) is 42.5 Å². The van der Waals surface area contributed by atoms with Crippen LogP contribution in [0.2, 0.25) is 0 Å². The van der Waals surface area contributed by atoms with Crippen LogP contribution >= 0.6 is 0 Å². The van der Waals surface area contributed by atoms with Gasteiger partial charge in [-0.2, -0.15) is 5.10 Å². The smallest absolute Gasteiger partial charge is 0.191 e. The first kappa shape index (κ1) is 18.5. The van der Waals surface area contributed by atoms with Gasteiger partial charge < -0.3 is 15.4 Å². The summed E-state index contributed by atoms with van der Waals surface area (Å²) in [7, 11) is 3.45. The molecule has 2 aromatic carbocycles. The minimum absolute atomic E-state index is 0.638. The molecule has 27 heavy (non-hydrogen) atoms. The van der Waals surface area contributed by atoms with Crippen molar-refractivity contribution >= 4 is 5.96 Å². The molecular formula is C21H25N5O. The van der Waals surface area contributed by atoms with Crippen LogP contribution < -0.4 is 15.4 Å². The van der Waals surface area contributed by atoms with Gasteiger partial charge in [0, 0.05) is 38.1 Å². The summed E-state index contributed by atoms with van der Waals surface area (Å²) >= 11 is 0. The molecule has 0 radical (unpaired) electrons. The number of methoxy groups -OCH3 is 1. The standard InChI is InChI=1S/C21H25N5O/c1-22-21(24-15-18-9-5-6-11-20(18)27-2)23-14-17-8-3-4-10-19(17)16-26-13-7-12-25-26/h3-13H,14-16H2,1-2H3,(H2,22,23,24). The fourth-order valence-corrected chi connectivity index (χ4v) is 2.88. The highest BCUT2D eigenvalue weighted by Gasteiger charge is 2.06. The lowest BCUT2D eigenvalue weighted by Crippen LogP contribution is -2.36. The number of nitrogens with one attached hydrogen (secondary N) is 2. The minimum atomic E-state index is 0.638. The van der Waals surface area contributed by atoms with E-state index < -0.39 is 0 Å². The zero-order valence-electron chi connectivity index (χ0n) is 15.7. The predicted octanol–water partition coefficient (Wildman–Crippen LogP) is 2.81. The summed E-state index contributed by atoms with van der Waals surface area (Å²) < 4.78 is 7.32. The largest absolute Gasteiger partial charge is 0.496 e. The van der Waals surface area contributed by atoms with Gasteiger partial charge in [0.2, 0.25) is 0 Å².